The van der Waals surface area contributed by atoms with E-state index in [2.05, 4.69) is 10.1 Å². The van der Waals surface area contributed by atoms with E-state index in [1.165, 1.54) is 18.2 Å². The Morgan fingerprint density at radius 3 is 2.71 bits per heavy atom. The Morgan fingerprint density at radius 1 is 1.33 bits per heavy atom. The molecule has 6 nitrogen and oxygen atoms in total. The largest absolute Gasteiger partial charge is 0.493 e. The summed E-state index contributed by atoms with van der Waals surface area (Å²) in [4.78, 5) is 4.20. The van der Waals surface area contributed by atoms with Crippen LogP contribution in [0, 0.1) is 0 Å². The van der Waals surface area contributed by atoms with E-state index >= 15 is 0 Å². The number of halogens is 1. The first kappa shape index (κ1) is 15.8. The van der Waals surface area contributed by atoms with Crippen LogP contribution in [-0.4, -0.2) is 25.2 Å². The number of aryl methyl sites for hydroxylation is 1. The van der Waals surface area contributed by atoms with E-state index in [1.54, 1.807) is 0 Å². The molecule has 0 bridgehead atoms. The van der Waals surface area contributed by atoms with Gasteiger partial charge in [0.25, 0.3) is 14.9 Å². The molecular weight excluding hydrogens is 316 g/mol. The van der Waals surface area contributed by atoms with Gasteiger partial charge in [0.2, 0.25) is 0 Å². The van der Waals surface area contributed by atoms with Crippen LogP contribution >= 0.6 is 10.7 Å². The number of hydrogen-bond donors (Lipinski definition) is 0. The van der Waals surface area contributed by atoms with Crippen LogP contribution in [-0.2, 0) is 15.5 Å². The van der Waals surface area contributed by atoms with Crippen LogP contribution in [0.2, 0.25) is 0 Å². The van der Waals surface area contributed by atoms with Crippen LogP contribution in [0.3, 0.4) is 0 Å². The van der Waals surface area contributed by atoms with Gasteiger partial charge in [0.1, 0.15) is 5.75 Å². The molecule has 0 radical (unpaired) electrons. The van der Waals surface area contributed by atoms with Gasteiger partial charge in [-0.05, 0) is 31.5 Å². The molecule has 0 aliphatic heterocycles. The summed E-state index contributed by atoms with van der Waals surface area (Å²) in [6.07, 6.45) is 1.56. The van der Waals surface area contributed by atoms with Crippen LogP contribution < -0.4 is 4.74 Å². The van der Waals surface area contributed by atoms with E-state index in [1.807, 2.05) is 13.8 Å². The third-order valence-corrected chi connectivity index (χ3v) is 4.06. The zero-order valence-corrected chi connectivity index (χ0v) is 13.2. The molecular formula is C13H15ClN2O4S. The Kier molecular flexibility index (Phi) is 4.84. The first-order valence-electron chi connectivity index (χ1n) is 6.50. The first-order chi connectivity index (χ1) is 9.95. The van der Waals surface area contributed by atoms with E-state index in [9.17, 15) is 8.42 Å². The predicted octanol–water partition coefficient (Wildman–Crippen LogP) is 3.02. The monoisotopic (exact) mass is 330 g/mol. The number of benzene rings is 1. The molecule has 0 unspecified atom stereocenters. The molecule has 0 spiro atoms. The van der Waals surface area contributed by atoms with Gasteiger partial charge in [-0.15, -0.1) is 0 Å². The van der Waals surface area contributed by atoms with E-state index in [4.69, 9.17) is 19.9 Å². The van der Waals surface area contributed by atoms with Crippen molar-refractivity contribution in [3.8, 4) is 17.2 Å². The molecule has 0 saturated carbocycles. The van der Waals surface area contributed by atoms with Crippen molar-refractivity contribution in [1.82, 2.24) is 10.1 Å². The van der Waals surface area contributed by atoms with Gasteiger partial charge in [-0.2, -0.15) is 4.98 Å². The summed E-state index contributed by atoms with van der Waals surface area (Å²) < 4.78 is 33.5. The Morgan fingerprint density at radius 2 is 2.10 bits per heavy atom. The molecule has 1 aromatic heterocycles. The summed E-state index contributed by atoms with van der Waals surface area (Å²) in [7, 11) is 1.53. The number of aromatic nitrogens is 2. The molecule has 0 atom stereocenters. The highest BCUT2D eigenvalue weighted by molar-refractivity contribution is 8.13. The quantitative estimate of drug-likeness (QED) is 0.757. The van der Waals surface area contributed by atoms with Crippen molar-refractivity contribution < 1.29 is 17.7 Å². The van der Waals surface area contributed by atoms with Crippen LogP contribution in [0.4, 0.5) is 0 Å². The Bertz CT molecular complexity index is 728. The minimum atomic E-state index is -3.84. The van der Waals surface area contributed by atoms with Crippen molar-refractivity contribution in [1.29, 1.82) is 0 Å². The van der Waals surface area contributed by atoms with Crippen LogP contribution in [0.25, 0.3) is 11.5 Å². The molecule has 114 valence electrons. The fourth-order valence-corrected chi connectivity index (χ4v) is 2.57. The normalized spacial score (nSPS) is 11.6. The molecule has 0 amide bonds. The molecule has 0 aliphatic rings. The number of rotatable bonds is 6. The summed E-state index contributed by atoms with van der Waals surface area (Å²) in [6, 6.07) is 4.27. The molecule has 0 N–H and O–H groups in total. The van der Waals surface area contributed by atoms with Crippen molar-refractivity contribution in [2.75, 3.05) is 6.61 Å². The van der Waals surface area contributed by atoms with Crippen molar-refractivity contribution in [2.24, 2.45) is 0 Å². The zero-order valence-electron chi connectivity index (χ0n) is 11.7. The molecule has 0 saturated heterocycles. The van der Waals surface area contributed by atoms with E-state index < -0.39 is 9.05 Å². The molecule has 0 aliphatic carbocycles. The number of ether oxygens (including phenoxy) is 1. The zero-order chi connectivity index (χ0) is 15.5. The van der Waals surface area contributed by atoms with Crippen LogP contribution in [0.15, 0.2) is 27.6 Å². The van der Waals surface area contributed by atoms with Gasteiger partial charge in [0.05, 0.1) is 17.1 Å². The van der Waals surface area contributed by atoms with E-state index in [0.717, 1.165) is 6.42 Å². The van der Waals surface area contributed by atoms with E-state index in [0.29, 0.717) is 30.2 Å². The SMILES string of the molecule is CCCc1noc(-c2cc(S(=O)(=O)Cl)ccc2OCC)n1. The van der Waals surface area contributed by atoms with Gasteiger partial charge in [-0.25, -0.2) is 8.42 Å². The third-order valence-electron chi connectivity index (χ3n) is 2.70. The maximum atomic E-state index is 11.5. The van der Waals surface area contributed by atoms with Crippen LogP contribution in [0.1, 0.15) is 26.1 Å². The average molecular weight is 331 g/mol. The fourth-order valence-electron chi connectivity index (χ4n) is 1.80. The van der Waals surface area contributed by atoms with Gasteiger partial charge in [0.15, 0.2) is 5.82 Å². The number of hydrogen-bond acceptors (Lipinski definition) is 6. The second-order valence-electron chi connectivity index (χ2n) is 4.29. The lowest BCUT2D eigenvalue weighted by Crippen LogP contribution is -1.97. The lowest BCUT2D eigenvalue weighted by atomic mass is 10.2. The minimum absolute atomic E-state index is 0.0436. The van der Waals surface area contributed by atoms with Crippen LogP contribution in [0.5, 0.6) is 5.75 Å². The molecule has 0 fully saturated rings. The van der Waals surface area contributed by atoms with Crippen molar-refractivity contribution >= 4 is 19.7 Å². The lowest BCUT2D eigenvalue weighted by molar-refractivity contribution is 0.339. The molecule has 8 heteroatoms. The van der Waals surface area contributed by atoms with Gasteiger partial charge in [-0.1, -0.05) is 12.1 Å². The van der Waals surface area contributed by atoms with E-state index in [-0.39, 0.29) is 10.8 Å². The predicted molar refractivity (Wildman–Crippen MR) is 77.9 cm³/mol. The van der Waals surface area contributed by atoms with Gasteiger partial charge < -0.3 is 9.26 Å². The third kappa shape index (κ3) is 3.74. The summed E-state index contributed by atoms with van der Waals surface area (Å²) in [6.45, 7) is 4.25. The highest BCUT2D eigenvalue weighted by atomic mass is 35.7. The Balaban J connectivity index is 2.51. The Labute approximate surface area is 127 Å². The Hall–Kier alpha value is -1.60. The molecule has 1 aromatic carbocycles. The van der Waals surface area contributed by atoms with Crippen molar-refractivity contribution in [3.63, 3.8) is 0 Å². The summed E-state index contributed by atoms with van der Waals surface area (Å²) in [5, 5.41) is 3.85. The number of nitrogens with zero attached hydrogens (tertiary/aromatic N) is 2. The van der Waals surface area contributed by atoms with Gasteiger partial charge in [-0.3, -0.25) is 0 Å². The topological polar surface area (TPSA) is 82.3 Å². The highest BCUT2D eigenvalue weighted by Gasteiger charge is 2.19. The summed E-state index contributed by atoms with van der Waals surface area (Å²) >= 11 is 0. The summed E-state index contributed by atoms with van der Waals surface area (Å²) in [5.74, 6) is 1.24. The summed E-state index contributed by atoms with van der Waals surface area (Å²) in [5.41, 5.74) is 0.411. The smallest absolute Gasteiger partial charge is 0.261 e. The second-order valence-corrected chi connectivity index (χ2v) is 6.86. The standard InChI is InChI=1S/C13H15ClN2O4S/c1-3-5-12-15-13(20-16-12)10-8-9(21(14,17)18)6-7-11(10)19-4-2/h6-8H,3-5H2,1-2H3. The lowest BCUT2D eigenvalue weighted by Gasteiger charge is -2.08. The van der Waals surface area contributed by atoms with Gasteiger partial charge >= 0.3 is 0 Å². The van der Waals surface area contributed by atoms with Crippen molar-refractivity contribution in [2.45, 2.75) is 31.6 Å². The molecule has 2 aromatic rings. The highest BCUT2D eigenvalue weighted by Crippen LogP contribution is 2.32. The fraction of sp³-hybridized carbons (Fsp3) is 0.385. The minimum Gasteiger partial charge on any atom is -0.493 e. The maximum Gasteiger partial charge on any atom is 0.261 e. The van der Waals surface area contributed by atoms with Gasteiger partial charge in [0, 0.05) is 17.1 Å². The maximum absolute atomic E-state index is 11.5. The molecule has 1 heterocycles. The average Bonchev–Trinajstić information content (AvgIpc) is 2.87. The second kappa shape index (κ2) is 6.44. The van der Waals surface area contributed by atoms with Crippen molar-refractivity contribution in [3.05, 3.63) is 24.0 Å². The molecule has 2 rings (SSSR count). The first-order valence-corrected chi connectivity index (χ1v) is 8.81. The molecule has 21 heavy (non-hydrogen) atoms.